The van der Waals surface area contributed by atoms with E-state index in [2.05, 4.69) is 70.1 Å². The maximum atomic E-state index is 4.34. The number of fused-ring (bicyclic) bond motifs is 1. The molecule has 0 saturated heterocycles. The van der Waals surface area contributed by atoms with Gasteiger partial charge in [0.25, 0.3) is 0 Å². The molecule has 112 valence electrons. The first-order valence-corrected chi connectivity index (χ1v) is 10.1. The molecule has 0 aliphatic heterocycles. The highest BCUT2D eigenvalue weighted by atomic mass is 28.3. The Bertz CT molecular complexity index is 649. The summed E-state index contributed by atoms with van der Waals surface area (Å²) in [7, 11) is -1.65. The van der Waals surface area contributed by atoms with Crippen molar-refractivity contribution in [2.45, 2.75) is 58.2 Å². The molecule has 3 heteroatoms. The second-order valence-electron chi connectivity index (χ2n) is 6.76. The number of imidazole rings is 1. The summed E-state index contributed by atoms with van der Waals surface area (Å²) >= 11 is 0. The van der Waals surface area contributed by atoms with Gasteiger partial charge in [0.05, 0.1) is 0 Å². The summed E-state index contributed by atoms with van der Waals surface area (Å²) in [6, 6.07) is 4.16. The molecule has 0 spiro atoms. The summed E-state index contributed by atoms with van der Waals surface area (Å²) < 4.78 is 2.02. The highest BCUT2D eigenvalue weighted by Gasteiger charge is 2.41. The van der Waals surface area contributed by atoms with E-state index in [0.717, 1.165) is 11.2 Å². The van der Waals surface area contributed by atoms with Crippen molar-refractivity contribution >= 4 is 13.7 Å². The van der Waals surface area contributed by atoms with Crippen LogP contribution in [0.15, 0.2) is 30.7 Å². The Hall–Kier alpha value is -1.53. The first kappa shape index (κ1) is 15.8. The smallest absolute Gasteiger partial charge is 0.146 e. The Morgan fingerprint density at radius 3 is 2.19 bits per heavy atom. The van der Waals surface area contributed by atoms with Crippen molar-refractivity contribution in [1.82, 2.24) is 9.38 Å². The SMILES string of the molecule is CC(C)[Si](C#Cc1ccn2ccnc2c1)(C(C)C)C(C)C. The summed E-state index contributed by atoms with van der Waals surface area (Å²) in [5.41, 5.74) is 7.80. The monoisotopic (exact) mass is 298 g/mol. The predicted molar refractivity (Wildman–Crippen MR) is 93.1 cm³/mol. The first-order chi connectivity index (χ1) is 9.87. The molecule has 2 nitrogen and oxygen atoms in total. The Balaban J connectivity index is 2.45. The van der Waals surface area contributed by atoms with Gasteiger partial charge in [-0.3, -0.25) is 0 Å². The van der Waals surface area contributed by atoms with Crippen molar-refractivity contribution < 1.29 is 0 Å². The zero-order valence-corrected chi connectivity index (χ0v) is 15.0. The normalized spacial score (nSPS) is 12.2. The highest BCUT2D eigenvalue weighted by Crippen LogP contribution is 2.40. The summed E-state index contributed by atoms with van der Waals surface area (Å²) in [6.07, 6.45) is 5.82. The molecule has 0 bridgehead atoms. The molecule has 0 atom stereocenters. The van der Waals surface area contributed by atoms with Gasteiger partial charge in [-0.05, 0) is 28.8 Å². The van der Waals surface area contributed by atoms with Crippen molar-refractivity contribution in [3.8, 4) is 11.5 Å². The summed E-state index contributed by atoms with van der Waals surface area (Å²) in [6.45, 7) is 14.1. The molecule has 2 aromatic heterocycles. The standard InChI is InChI=1S/C18H26N2Si/c1-14(2)21(15(3)4,16(5)6)12-8-17-7-10-20-11-9-19-18(20)13-17/h7,9-11,13-16H,1-6H3. The largest absolute Gasteiger partial charge is 0.307 e. The molecule has 0 aliphatic rings. The lowest BCUT2D eigenvalue weighted by Crippen LogP contribution is -2.43. The highest BCUT2D eigenvalue weighted by molar-refractivity contribution is 6.90. The van der Waals surface area contributed by atoms with Crippen LogP contribution in [0.1, 0.15) is 47.1 Å². The van der Waals surface area contributed by atoms with Crippen LogP contribution in [-0.2, 0) is 0 Å². The summed E-state index contributed by atoms with van der Waals surface area (Å²) in [5.74, 6) is 3.47. The number of hydrogen-bond acceptors (Lipinski definition) is 1. The average Bonchev–Trinajstić information content (AvgIpc) is 2.85. The molecule has 0 saturated carbocycles. The molecule has 2 rings (SSSR count). The lowest BCUT2D eigenvalue weighted by molar-refractivity contribution is 0.838. The van der Waals surface area contributed by atoms with E-state index >= 15 is 0 Å². The van der Waals surface area contributed by atoms with Crippen molar-refractivity contribution in [2.75, 3.05) is 0 Å². The second-order valence-corrected chi connectivity index (χ2v) is 12.3. The van der Waals surface area contributed by atoms with Crippen LogP contribution >= 0.6 is 0 Å². The molecule has 0 fully saturated rings. The van der Waals surface area contributed by atoms with Crippen molar-refractivity contribution in [3.05, 3.63) is 36.3 Å². The van der Waals surface area contributed by atoms with Gasteiger partial charge in [-0.15, -0.1) is 5.54 Å². The molecular weight excluding hydrogens is 272 g/mol. The van der Waals surface area contributed by atoms with E-state index < -0.39 is 8.07 Å². The molecule has 0 radical (unpaired) electrons. The molecule has 21 heavy (non-hydrogen) atoms. The van der Waals surface area contributed by atoms with Crippen LogP contribution in [0.5, 0.6) is 0 Å². The molecule has 0 aromatic carbocycles. The van der Waals surface area contributed by atoms with Crippen LogP contribution in [0, 0.1) is 11.5 Å². The van der Waals surface area contributed by atoms with Gasteiger partial charge in [-0.2, -0.15) is 0 Å². The number of rotatable bonds is 3. The molecule has 0 unspecified atom stereocenters. The fourth-order valence-corrected chi connectivity index (χ4v) is 8.83. The molecule has 2 heterocycles. The summed E-state index contributed by atoms with van der Waals surface area (Å²) in [4.78, 5) is 4.34. The third kappa shape index (κ3) is 2.91. The minimum Gasteiger partial charge on any atom is -0.307 e. The number of nitrogens with zero attached hydrogens (tertiary/aromatic N) is 2. The summed E-state index contributed by atoms with van der Waals surface area (Å²) in [5, 5.41) is 0. The maximum Gasteiger partial charge on any atom is 0.146 e. The van der Waals surface area contributed by atoms with E-state index in [9.17, 15) is 0 Å². The molecule has 0 amide bonds. The fraction of sp³-hybridized carbons (Fsp3) is 0.500. The molecule has 0 aliphatic carbocycles. The van der Waals surface area contributed by atoms with Gasteiger partial charge in [0, 0.05) is 24.2 Å². The van der Waals surface area contributed by atoms with Crippen LogP contribution in [0.2, 0.25) is 16.6 Å². The van der Waals surface area contributed by atoms with Crippen LogP contribution in [0.25, 0.3) is 5.65 Å². The zero-order valence-electron chi connectivity index (χ0n) is 14.0. The van der Waals surface area contributed by atoms with Crippen LogP contribution in [-0.4, -0.2) is 17.5 Å². The van der Waals surface area contributed by atoms with Crippen molar-refractivity contribution in [1.29, 1.82) is 0 Å². The van der Waals surface area contributed by atoms with Crippen LogP contribution in [0.4, 0.5) is 0 Å². The third-order valence-electron chi connectivity index (χ3n) is 4.69. The van der Waals surface area contributed by atoms with Gasteiger partial charge in [0.1, 0.15) is 13.7 Å². The minimum atomic E-state index is -1.65. The Kier molecular flexibility index (Phi) is 4.58. The number of pyridine rings is 1. The topological polar surface area (TPSA) is 17.3 Å². The fourth-order valence-electron chi connectivity index (χ4n) is 3.60. The quantitative estimate of drug-likeness (QED) is 0.581. The average molecular weight is 299 g/mol. The van der Waals surface area contributed by atoms with Crippen LogP contribution in [0.3, 0.4) is 0 Å². The molecular formula is C18H26N2Si. The Morgan fingerprint density at radius 2 is 1.62 bits per heavy atom. The second kappa shape index (κ2) is 6.07. The van der Waals surface area contributed by atoms with Crippen molar-refractivity contribution in [3.63, 3.8) is 0 Å². The molecule has 2 aromatic rings. The maximum absolute atomic E-state index is 4.34. The number of aromatic nitrogens is 2. The lowest BCUT2D eigenvalue weighted by Gasteiger charge is -2.38. The first-order valence-electron chi connectivity index (χ1n) is 7.83. The van der Waals surface area contributed by atoms with Gasteiger partial charge in [-0.25, -0.2) is 4.98 Å². The minimum absolute atomic E-state index is 0.667. The predicted octanol–water partition coefficient (Wildman–Crippen LogP) is 4.90. The van der Waals surface area contributed by atoms with Gasteiger partial charge in [0.2, 0.25) is 0 Å². The van der Waals surface area contributed by atoms with E-state index in [-0.39, 0.29) is 0 Å². The Morgan fingerprint density at radius 1 is 1.00 bits per heavy atom. The molecule has 0 N–H and O–H groups in total. The van der Waals surface area contributed by atoms with E-state index in [4.69, 9.17) is 0 Å². The van der Waals surface area contributed by atoms with E-state index in [1.807, 2.05) is 23.0 Å². The van der Waals surface area contributed by atoms with E-state index in [0.29, 0.717) is 16.6 Å². The van der Waals surface area contributed by atoms with Gasteiger partial charge >= 0.3 is 0 Å². The zero-order chi connectivity index (χ0) is 15.6. The lowest BCUT2D eigenvalue weighted by atomic mass is 10.3. The van der Waals surface area contributed by atoms with Gasteiger partial charge < -0.3 is 4.40 Å². The van der Waals surface area contributed by atoms with Gasteiger partial charge in [-0.1, -0.05) is 47.5 Å². The number of hydrogen-bond donors (Lipinski definition) is 0. The van der Waals surface area contributed by atoms with Gasteiger partial charge in [0.15, 0.2) is 0 Å². The third-order valence-corrected chi connectivity index (χ3v) is 11.0. The van der Waals surface area contributed by atoms with Crippen LogP contribution < -0.4 is 0 Å². The van der Waals surface area contributed by atoms with E-state index in [1.165, 1.54) is 0 Å². The Labute approximate surface area is 129 Å². The van der Waals surface area contributed by atoms with E-state index in [1.54, 1.807) is 0 Å². The van der Waals surface area contributed by atoms with Crippen molar-refractivity contribution in [2.24, 2.45) is 0 Å².